The molecule has 0 saturated carbocycles. The van der Waals surface area contributed by atoms with Crippen molar-refractivity contribution in [1.82, 2.24) is 20.4 Å². The van der Waals surface area contributed by atoms with Crippen molar-refractivity contribution in [2.45, 2.75) is 32.7 Å². The number of unbranched alkanes of at least 4 members (excludes halogenated alkanes) is 1. The van der Waals surface area contributed by atoms with Crippen LogP contribution in [0.3, 0.4) is 0 Å². The number of aromatic nitrogens is 2. The van der Waals surface area contributed by atoms with Gasteiger partial charge in [0.25, 0.3) is 5.56 Å². The first kappa shape index (κ1) is 17.7. The average molecular weight is 328 g/mol. The highest BCUT2D eigenvalue weighted by atomic mass is 16.2. The molecule has 0 fully saturated rings. The highest BCUT2D eigenvalue weighted by Crippen LogP contribution is 2.13. The smallest absolute Gasteiger partial charge is 0.314 e. The zero-order valence-electron chi connectivity index (χ0n) is 14.0. The number of urea groups is 1. The number of benzene rings is 1. The molecule has 0 aliphatic rings. The third-order valence-electron chi connectivity index (χ3n) is 3.55. The van der Waals surface area contributed by atoms with Crippen molar-refractivity contribution in [3.8, 4) is 11.3 Å². The lowest BCUT2D eigenvalue weighted by molar-refractivity contribution is 0.240. The fraction of sp³-hybridized carbons (Fsp3) is 0.389. The first-order valence-electron chi connectivity index (χ1n) is 8.36. The molecule has 1 aromatic carbocycles. The maximum Gasteiger partial charge on any atom is 0.314 e. The fourth-order valence-corrected chi connectivity index (χ4v) is 2.26. The van der Waals surface area contributed by atoms with Crippen molar-refractivity contribution in [3.05, 3.63) is 52.8 Å². The number of carbonyl (C=O) groups excluding carboxylic acids is 1. The summed E-state index contributed by atoms with van der Waals surface area (Å²) in [5.41, 5.74) is 1.66. The summed E-state index contributed by atoms with van der Waals surface area (Å²) < 4.78 is 1.49. The Morgan fingerprint density at radius 1 is 1.04 bits per heavy atom. The zero-order valence-corrected chi connectivity index (χ0v) is 14.0. The Bertz CT molecular complexity index is 698. The van der Waals surface area contributed by atoms with E-state index >= 15 is 0 Å². The zero-order chi connectivity index (χ0) is 17.2. The minimum Gasteiger partial charge on any atom is -0.338 e. The van der Waals surface area contributed by atoms with Gasteiger partial charge in [-0.05, 0) is 25.3 Å². The first-order valence-corrected chi connectivity index (χ1v) is 8.36. The van der Waals surface area contributed by atoms with Gasteiger partial charge in [-0.1, -0.05) is 37.3 Å². The summed E-state index contributed by atoms with van der Waals surface area (Å²) in [5.74, 6) is 0. The van der Waals surface area contributed by atoms with E-state index in [1.165, 1.54) is 4.68 Å². The molecule has 0 unspecified atom stereocenters. The van der Waals surface area contributed by atoms with E-state index in [1.54, 1.807) is 12.1 Å². The lowest BCUT2D eigenvalue weighted by Gasteiger charge is -2.08. The van der Waals surface area contributed by atoms with Gasteiger partial charge >= 0.3 is 6.03 Å². The molecule has 24 heavy (non-hydrogen) atoms. The maximum absolute atomic E-state index is 11.9. The van der Waals surface area contributed by atoms with E-state index in [2.05, 4.69) is 15.7 Å². The van der Waals surface area contributed by atoms with Crippen molar-refractivity contribution >= 4 is 6.03 Å². The topological polar surface area (TPSA) is 76.0 Å². The Balaban J connectivity index is 1.82. The molecule has 1 heterocycles. The number of amides is 2. The van der Waals surface area contributed by atoms with Crippen LogP contribution in [0.2, 0.25) is 0 Å². The van der Waals surface area contributed by atoms with Crippen LogP contribution in [0.4, 0.5) is 4.79 Å². The van der Waals surface area contributed by atoms with E-state index in [0.717, 1.165) is 30.5 Å². The van der Waals surface area contributed by atoms with Crippen LogP contribution >= 0.6 is 0 Å². The van der Waals surface area contributed by atoms with Crippen LogP contribution in [-0.2, 0) is 6.54 Å². The molecule has 128 valence electrons. The van der Waals surface area contributed by atoms with Gasteiger partial charge in [0.15, 0.2) is 0 Å². The quantitative estimate of drug-likeness (QED) is 0.731. The van der Waals surface area contributed by atoms with Crippen LogP contribution in [0.1, 0.15) is 26.2 Å². The number of nitrogens with zero attached hydrogens (tertiary/aromatic N) is 2. The van der Waals surface area contributed by atoms with Crippen LogP contribution in [0.5, 0.6) is 0 Å². The van der Waals surface area contributed by atoms with E-state index in [4.69, 9.17) is 0 Å². The summed E-state index contributed by atoms with van der Waals surface area (Å²) in [6, 6.07) is 12.9. The van der Waals surface area contributed by atoms with E-state index in [1.807, 2.05) is 37.3 Å². The second-order valence-electron chi connectivity index (χ2n) is 5.54. The summed E-state index contributed by atoms with van der Waals surface area (Å²) in [7, 11) is 0. The first-order chi connectivity index (χ1) is 11.7. The highest BCUT2D eigenvalue weighted by Gasteiger charge is 2.03. The van der Waals surface area contributed by atoms with Gasteiger partial charge in [0.05, 0.1) is 5.69 Å². The van der Waals surface area contributed by atoms with Gasteiger partial charge in [0, 0.05) is 31.3 Å². The Hall–Kier alpha value is -2.63. The van der Waals surface area contributed by atoms with Crippen LogP contribution in [0, 0.1) is 0 Å². The number of hydrogen-bond acceptors (Lipinski definition) is 3. The van der Waals surface area contributed by atoms with E-state index in [-0.39, 0.29) is 11.6 Å². The molecule has 0 radical (unpaired) electrons. The van der Waals surface area contributed by atoms with Crippen molar-refractivity contribution in [1.29, 1.82) is 0 Å². The summed E-state index contributed by atoms with van der Waals surface area (Å²) in [5, 5.41) is 9.98. The summed E-state index contributed by atoms with van der Waals surface area (Å²) in [6.45, 7) is 3.81. The molecular weight excluding hydrogens is 304 g/mol. The van der Waals surface area contributed by atoms with Gasteiger partial charge in [-0.3, -0.25) is 4.79 Å². The largest absolute Gasteiger partial charge is 0.338 e. The van der Waals surface area contributed by atoms with Crippen molar-refractivity contribution in [3.63, 3.8) is 0 Å². The van der Waals surface area contributed by atoms with Gasteiger partial charge in [0.2, 0.25) is 0 Å². The minimum absolute atomic E-state index is 0.108. The van der Waals surface area contributed by atoms with Crippen LogP contribution in [0.15, 0.2) is 47.3 Å². The van der Waals surface area contributed by atoms with Crippen molar-refractivity contribution in [2.24, 2.45) is 0 Å². The molecule has 1 aromatic heterocycles. The summed E-state index contributed by atoms with van der Waals surface area (Å²) in [4.78, 5) is 23.3. The molecule has 0 aliphatic carbocycles. The second kappa shape index (κ2) is 9.50. The standard InChI is InChI=1S/C18H24N4O2/c1-2-12-19-18(24)20-13-6-7-14-22-17(23)11-10-16(21-22)15-8-4-3-5-9-15/h3-5,8-11H,2,6-7,12-14H2,1H3,(H2,19,20,24). The molecule has 2 rings (SSSR count). The van der Waals surface area contributed by atoms with E-state index in [0.29, 0.717) is 19.6 Å². The molecule has 6 nitrogen and oxygen atoms in total. The SMILES string of the molecule is CCCNC(=O)NCCCCn1nc(-c2ccccc2)ccc1=O. The molecule has 2 aromatic rings. The van der Waals surface area contributed by atoms with Gasteiger partial charge in [0.1, 0.15) is 0 Å². The molecule has 2 N–H and O–H groups in total. The number of nitrogens with one attached hydrogen (secondary N) is 2. The van der Waals surface area contributed by atoms with Crippen molar-refractivity contribution < 1.29 is 4.79 Å². The van der Waals surface area contributed by atoms with E-state index < -0.39 is 0 Å². The molecule has 0 aliphatic heterocycles. The predicted octanol–water partition coefficient (Wildman–Crippen LogP) is 2.40. The Kier molecular flexibility index (Phi) is 7.01. The molecule has 2 amide bonds. The number of hydrogen-bond donors (Lipinski definition) is 2. The molecule has 0 spiro atoms. The fourth-order valence-electron chi connectivity index (χ4n) is 2.26. The van der Waals surface area contributed by atoms with Crippen LogP contribution in [0.25, 0.3) is 11.3 Å². The molecule has 0 atom stereocenters. The number of carbonyl (C=O) groups is 1. The highest BCUT2D eigenvalue weighted by molar-refractivity contribution is 5.73. The maximum atomic E-state index is 11.9. The minimum atomic E-state index is -0.141. The number of rotatable bonds is 8. The van der Waals surface area contributed by atoms with Crippen molar-refractivity contribution in [2.75, 3.05) is 13.1 Å². The second-order valence-corrected chi connectivity index (χ2v) is 5.54. The lowest BCUT2D eigenvalue weighted by atomic mass is 10.1. The Morgan fingerprint density at radius 2 is 1.79 bits per heavy atom. The third-order valence-corrected chi connectivity index (χ3v) is 3.55. The average Bonchev–Trinajstić information content (AvgIpc) is 2.62. The predicted molar refractivity (Wildman–Crippen MR) is 94.9 cm³/mol. The Labute approximate surface area is 141 Å². The summed E-state index contributed by atoms with van der Waals surface area (Å²) >= 11 is 0. The number of aryl methyl sites for hydroxylation is 1. The lowest BCUT2D eigenvalue weighted by Crippen LogP contribution is -2.36. The summed E-state index contributed by atoms with van der Waals surface area (Å²) in [6.07, 6.45) is 2.49. The third kappa shape index (κ3) is 5.53. The van der Waals surface area contributed by atoms with Crippen LogP contribution < -0.4 is 16.2 Å². The van der Waals surface area contributed by atoms with Gasteiger partial charge in [-0.25, -0.2) is 9.48 Å². The van der Waals surface area contributed by atoms with Gasteiger partial charge < -0.3 is 10.6 Å². The van der Waals surface area contributed by atoms with Gasteiger partial charge in [-0.15, -0.1) is 0 Å². The molecule has 0 bridgehead atoms. The molecule has 0 saturated heterocycles. The van der Waals surface area contributed by atoms with E-state index in [9.17, 15) is 9.59 Å². The Morgan fingerprint density at radius 3 is 2.54 bits per heavy atom. The van der Waals surface area contributed by atoms with Crippen LogP contribution in [-0.4, -0.2) is 28.9 Å². The normalized spacial score (nSPS) is 10.4. The van der Waals surface area contributed by atoms with Gasteiger partial charge in [-0.2, -0.15) is 5.10 Å². The molecule has 6 heteroatoms. The monoisotopic (exact) mass is 328 g/mol. The molecular formula is C18H24N4O2.